The molecule has 0 aliphatic rings. The van der Waals surface area contributed by atoms with Crippen LogP contribution in [0.15, 0.2) is 18.2 Å². The number of likely N-dealkylation sites (N-methyl/N-ethyl adjacent to an activating group) is 1. The zero-order valence-corrected chi connectivity index (χ0v) is 11.9. The molecule has 0 spiro atoms. The molecule has 0 amide bonds. The number of nitrogens with zero attached hydrogens (tertiary/aromatic N) is 1. The summed E-state index contributed by atoms with van der Waals surface area (Å²) in [6, 6.07) is 3.66. The first-order chi connectivity index (χ1) is 8.71. The molecule has 2 N–H and O–H groups in total. The van der Waals surface area contributed by atoms with Crippen molar-refractivity contribution in [3.05, 3.63) is 35.4 Å². The summed E-state index contributed by atoms with van der Waals surface area (Å²) in [5, 5.41) is 13.3. The van der Waals surface area contributed by atoms with Crippen molar-refractivity contribution in [1.82, 2.24) is 10.2 Å². The van der Waals surface area contributed by atoms with Crippen LogP contribution in [0.4, 0.5) is 8.78 Å². The van der Waals surface area contributed by atoms with E-state index in [1.165, 1.54) is 12.1 Å². The Labute approximate surface area is 113 Å². The van der Waals surface area contributed by atoms with Crippen LogP contribution in [0.1, 0.15) is 25.5 Å². The van der Waals surface area contributed by atoms with Crippen molar-refractivity contribution in [3.8, 4) is 0 Å². The summed E-state index contributed by atoms with van der Waals surface area (Å²) >= 11 is 0. The predicted octanol–water partition coefficient (Wildman–Crippen LogP) is 1.93. The smallest absolute Gasteiger partial charge is 0.159 e. The number of rotatable bonds is 6. The maximum atomic E-state index is 13.1. The number of benzene rings is 1. The highest BCUT2D eigenvalue weighted by atomic mass is 19.2. The molecule has 3 nitrogen and oxygen atoms in total. The summed E-state index contributed by atoms with van der Waals surface area (Å²) in [5.74, 6) is -1.71. The summed E-state index contributed by atoms with van der Waals surface area (Å²) in [7, 11) is 3.76. The summed E-state index contributed by atoms with van der Waals surface area (Å²) in [5.41, 5.74) is -0.226. The van der Waals surface area contributed by atoms with Crippen LogP contribution in [0.3, 0.4) is 0 Å². The van der Waals surface area contributed by atoms with E-state index in [2.05, 4.69) is 5.32 Å². The van der Waals surface area contributed by atoms with Gasteiger partial charge in [0.2, 0.25) is 0 Å². The van der Waals surface area contributed by atoms with Gasteiger partial charge in [0, 0.05) is 19.1 Å². The Hall–Kier alpha value is -1.04. The molecular weight excluding hydrogens is 250 g/mol. The fraction of sp³-hybridized carbons (Fsp3) is 0.571. The monoisotopic (exact) mass is 272 g/mol. The van der Waals surface area contributed by atoms with E-state index in [4.69, 9.17) is 0 Å². The van der Waals surface area contributed by atoms with Crippen molar-refractivity contribution >= 4 is 0 Å². The minimum absolute atomic E-state index is 0.163. The van der Waals surface area contributed by atoms with Crippen LogP contribution in [-0.4, -0.2) is 42.8 Å². The lowest BCUT2D eigenvalue weighted by atomic mass is 10.0. The molecular formula is C14H22F2N2O. The van der Waals surface area contributed by atoms with Gasteiger partial charge in [-0.25, -0.2) is 8.78 Å². The second-order valence-electron chi connectivity index (χ2n) is 5.51. The molecule has 108 valence electrons. The molecule has 1 aromatic rings. The molecule has 1 aromatic carbocycles. The van der Waals surface area contributed by atoms with Crippen LogP contribution in [0.2, 0.25) is 0 Å². The molecule has 19 heavy (non-hydrogen) atoms. The second-order valence-corrected chi connectivity index (χ2v) is 5.51. The van der Waals surface area contributed by atoms with E-state index in [9.17, 15) is 13.9 Å². The SMILES string of the molecule is CC(NCC(C)(O)CN(C)C)c1ccc(F)c(F)c1. The Balaban J connectivity index is 2.59. The number of aliphatic hydroxyl groups is 1. The van der Waals surface area contributed by atoms with E-state index in [0.29, 0.717) is 18.7 Å². The first-order valence-corrected chi connectivity index (χ1v) is 6.27. The van der Waals surface area contributed by atoms with E-state index >= 15 is 0 Å². The van der Waals surface area contributed by atoms with Gasteiger partial charge >= 0.3 is 0 Å². The van der Waals surface area contributed by atoms with Gasteiger partial charge < -0.3 is 15.3 Å². The summed E-state index contributed by atoms with van der Waals surface area (Å²) < 4.78 is 26.0. The first kappa shape index (κ1) is 16.0. The average Bonchev–Trinajstić information content (AvgIpc) is 2.28. The van der Waals surface area contributed by atoms with Crippen LogP contribution in [0.5, 0.6) is 0 Å². The van der Waals surface area contributed by atoms with Crippen LogP contribution < -0.4 is 5.32 Å². The van der Waals surface area contributed by atoms with Gasteiger partial charge in [-0.05, 0) is 45.6 Å². The summed E-state index contributed by atoms with van der Waals surface area (Å²) in [6.45, 7) is 4.46. The molecule has 0 aromatic heterocycles. The van der Waals surface area contributed by atoms with Crippen molar-refractivity contribution in [1.29, 1.82) is 0 Å². The predicted molar refractivity (Wildman–Crippen MR) is 72.0 cm³/mol. The molecule has 1 rings (SSSR count). The summed E-state index contributed by atoms with van der Waals surface area (Å²) in [4.78, 5) is 1.89. The number of hydrogen-bond acceptors (Lipinski definition) is 3. The van der Waals surface area contributed by atoms with Crippen molar-refractivity contribution in [3.63, 3.8) is 0 Å². The molecule has 5 heteroatoms. The Morgan fingerprint density at radius 3 is 2.47 bits per heavy atom. The van der Waals surface area contributed by atoms with Gasteiger partial charge in [-0.15, -0.1) is 0 Å². The molecule has 0 bridgehead atoms. The molecule has 0 heterocycles. The maximum Gasteiger partial charge on any atom is 0.159 e. The molecule has 0 radical (unpaired) electrons. The van der Waals surface area contributed by atoms with Crippen molar-refractivity contribution < 1.29 is 13.9 Å². The Morgan fingerprint density at radius 2 is 1.95 bits per heavy atom. The van der Waals surface area contributed by atoms with E-state index in [1.807, 2.05) is 25.9 Å². The molecule has 2 atom stereocenters. The normalized spacial score (nSPS) is 16.4. The van der Waals surface area contributed by atoms with Crippen molar-refractivity contribution in [2.75, 3.05) is 27.2 Å². The van der Waals surface area contributed by atoms with Crippen LogP contribution >= 0.6 is 0 Å². The third-order valence-corrected chi connectivity index (χ3v) is 2.89. The highest BCUT2D eigenvalue weighted by molar-refractivity contribution is 5.20. The molecule has 0 aliphatic carbocycles. The topological polar surface area (TPSA) is 35.5 Å². The van der Waals surface area contributed by atoms with Gasteiger partial charge in [-0.3, -0.25) is 0 Å². The molecule has 2 unspecified atom stereocenters. The zero-order chi connectivity index (χ0) is 14.6. The minimum Gasteiger partial charge on any atom is -0.388 e. The van der Waals surface area contributed by atoms with Crippen LogP contribution in [-0.2, 0) is 0 Å². The Bertz CT molecular complexity index is 422. The third-order valence-electron chi connectivity index (χ3n) is 2.89. The largest absolute Gasteiger partial charge is 0.388 e. The molecule has 0 saturated carbocycles. The lowest BCUT2D eigenvalue weighted by Gasteiger charge is -2.29. The van der Waals surface area contributed by atoms with Crippen molar-refractivity contribution in [2.24, 2.45) is 0 Å². The zero-order valence-electron chi connectivity index (χ0n) is 11.9. The van der Waals surface area contributed by atoms with Gasteiger partial charge in [0.05, 0.1) is 5.60 Å². The average molecular weight is 272 g/mol. The lowest BCUT2D eigenvalue weighted by Crippen LogP contribution is -2.46. The third kappa shape index (κ3) is 5.22. The van der Waals surface area contributed by atoms with Gasteiger partial charge in [-0.2, -0.15) is 0 Å². The van der Waals surface area contributed by atoms with E-state index in [0.717, 1.165) is 6.07 Å². The fourth-order valence-electron chi connectivity index (χ4n) is 2.01. The van der Waals surface area contributed by atoms with Crippen LogP contribution in [0, 0.1) is 11.6 Å². The Morgan fingerprint density at radius 1 is 1.32 bits per heavy atom. The van der Waals surface area contributed by atoms with Gasteiger partial charge in [0.25, 0.3) is 0 Å². The van der Waals surface area contributed by atoms with E-state index < -0.39 is 17.2 Å². The van der Waals surface area contributed by atoms with Crippen LogP contribution in [0.25, 0.3) is 0 Å². The molecule has 0 aliphatic heterocycles. The number of halogens is 2. The molecule has 0 fully saturated rings. The Kier molecular flexibility index (Phi) is 5.40. The van der Waals surface area contributed by atoms with Gasteiger partial charge in [0.15, 0.2) is 11.6 Å². The quantitative estimate of drug-likeness (QED) is 0.830. The first-order valence-electron chi connectivity index (χ1n) is 6.27. The summed E-state index contributed by atoms with van der Waals surface area (Å²) in [6.07, 6.45) is 0. The minimum atomic E-state index is -0.879. The number of hydrogen-bond donors (Lipinski definition) is 2. The van der Waals surface area contributed by atoms with E-state index in [-0.39, 0.29) is 6.04 Å². The number of nitrogens with one attached hydrogen (secondary N) is 1. The van der Waals surface area contributed by atoms with Gasteiger partial charge in [-0.1, -0.05) is 6.07 Å². The maximum absolute atomic E-state index is 13.1. The lowest BCUT2D eigenvalue weighted by molar-refractivity contribution is 0.0317. The van der Waals surface area contributed by atoms with Crippen molar-refractivity contribution in [2.45, 2.75) is 25.5 Å². The fourth-order valence-corrected chi connectivity index (χ4v) is 2.01. The highest BCUT2D eigenvalue weighted by Gasteiger charge is 2.22. The standard InChI is InChI=1S/C14H22F2N2O/c1-10(11-5-6-12(15)13(16)7-11)17-8-14(2,19)9-18(3)4/h5-7,10,17,19H,8-9H2,1-4H3. The second kappa shape index (κ2) is 6.41. The van der Waals surface area contributed by atoms with Gasteiger partial charge in [0.1, 0.15) is 0 Å². The highest BCUT2D eigenvalue weighted by Crippen LogP contribution is 2.16. The van der Waals surface area contributed by atoms with E-state index in [1.54, 1.807) is 6.92 Å². The molecule has 0 saturated heterocycles.